The number of aromatic nitrogens is 1. The van der Waals surface area contributed by atoms with Crippen molar-refractivity contribution >= 4 is 6.03 Å². The molecule has 2 aromatic carbocycles. The summed E-state index contributed by atoms with van der Waals surface area (Å²) >= 11 is 0. The fourth-order valence-electron chi connectivity index (χ4n) is 4.18. The van der Waals surface area contributed by atoms with Crippen LogP contribution in [0.2, 0.25) is 0 Å². The minimum atomic E-state index is 0.0395. The number of nitrogens with one attached hydrogen (secondary N) is 1. The van der Waals surface area contributed by atoms with Crippen LogP contribution in [0.5, 0.6) is 17.4 Å². The maximum Gasteiger partial charge on any atom is 0.317 e. The number of rotatable bonds is 6. The van der Waals surface area contributed by atoms with E-state index in [4.69, 9.17) is 9.47 Å². The van der Waals surface area contributed by atoms with E-state index in [0.717, 1.165) is 25.0 Å². The van der Waals surface area contributed by atoms with Gasteiger partial charge in [0.15, 0.2) is 0 Å². The summed E-state index contributed by atoms with van der Waals surface area (Å²) in [7, 11) is 0. The zero-order valence-corrected chi connectivity index (χ0v) is 17.9. The van der Waals surface area contributed by atoms with Crippen molar-refractivity contribution in [3.63, 3.8) is 0 Å². The van der Waals surface area contributed by atoms with Gasteiger partial charge in [0.2, 0.25) is 5.88 Å². The van der Waals surface area contributed by atoms with Crippen molar-refractivity contribution in [1.82, 2.24) is 15.2 Å². The van der Waals surface area contributed by atoms with E-state index >= 15 is 0 Å². The molecule has 2 amide bonds. The van der Waals surface area contributed by atoms with Gasteiger partial charge in [-0.3, -0.25) is 0 Å². The molecule has 1 saturated carbocycles. The number of carbonyl (C=O) groups is 1. The van der Waals surface area contributed by atoms with Gasteiger partial charge in [0.1, 0.15) is 17.6 Å². The van der Waals surface area contributed by atoms with Crippen LogP contribution in [0.4, 0.5) is 4.79 Å². The Bertz CT molecular complexity index is 1040. The molecule has 3 aromatic rings. The first-order valence-corrected chi connectivity index (χ1v) is 11.2. The average molecular weight is 430 g/mol. The smallest absolute Gasteiger partial charge is 0.317 e. The Kier molecular flexibility index (Phi) is 5.92. The summed E-state index contributed by atoms with van der Waals surface area (Å²) in [6, 6.07) is 23.9. The highest BCUT2D eigenvalue weighted by atomic mass is 16.5. The molecule has 1 aliphatic heterocycles. The van der Waals surface area contributed by atoms with Gasteiger partial charge in [0.05, 0.1) is 0 Å². The molecule has 2 unspecified atom stereocenters. The third kappa shape index (κ3) is 5.02. The number of hydrogen-bond donors (Lipinski definition) is 1. The lowest BCUT2D eigenvalue weighted by molar-refractivity contribution is 0.111. The number of piperidine rings is 1. The van der Waals surface area contributed by atoms with Crippen LogP contribution >= 0.6 is 0 Å². The molecule has 2 aliphatic rings. The molecule has 6 nitrogen and oxygen atoms in total. The molecule has 32 heavy (non-hydrogen) atoms. The van der Waals surface area contributed by atoms with Crippen molar-refractivity contribution in [2.75, 3.05) is 13.1 Å². The third-order valence-corrected chi connectivity index (χ3v) is 6.02. The fourth-order valence-corrected chi connectivity index (χ4v) is 4.18. The summed E-state index contributed by atoms with van der Waals surface area (Å²) in [6.07, 6.45) is 4.43. The number of ether oxygens (including phenoxy) is 2. The molecule has 1 saturated heterocycles. The Balaban J connectivity index is 1.08. The maximum absolute atomic E-state index is 12.7. The van der Waals surface area contributed by atoms with E-state index in [0.29, 0.717) is 30.6 Å². The lowest BCUT2D eigenvalue weighted by Crippen LogP contribution is -2.47. The summed E-state index contributed by atoms with van der Waals surface area (Å²) < 4.78 is 12.0. The van der Waals surface area contributed by atoms with Gasteiger partial charge in [-0.25, -0.2) is 9.78 Å². The van der Waals surface area contributed by atoms with E-state index in [1.54, 1.807) is 6.20 Å². The highest BCUT2D eigenvalue weighted by molar-refractivity contribution is 5.75. The number of urea groups is 1. The summed E-state index contributed by atoms with van der Waals surface area (Å²) in [5, 5.41) is 3.19. The van der Waals surface area contributed by atoms with Crippen molar-refractivity contribution in [2.45, 2.75) is 37.3 Å². The standard InChI is InChI=1S/C26H27N3O3/c30-26(28-24-18-23(24)19-7-2-1-3-8-19)29-15-12-20(13-16-29)31-21-9-6-10-22(17-21)32-25-11-4-5-14-27-25/h1-11,14,17,20,23-24H,12-13,15-16,18H2,(H,28,30). The topological polar surface area (TPSA) is 63.7 Å². The van der Waals surface area contributed by atoms with Gasteiger partial charge < -0.3 is 19.7 Å². The molecule has 5 rings (SSSR count). The molecule has 2 fully saturated rings. The highest BCUT2D eigenvalue weighted by Gasteiger charge is 2.40. The van der Waals surface area contributed by atoms with Gasteiger partial charge in [-0.05, 0) is 30.2 Å². The van der Waals surface area contributed by atoms with Crippen LogP contribution in [0.15, 0.2) is 79.0 Å². The van der Waals surface area contributed by atoms with Gasteiger partial charge in [0.25, 0.3) is 0 Å². The molecule has 0 bridgehead atoms. The fraction of sp³-hybridized carbons (Fsp3) is 0.308. The number of pyridine rings is 1. The predicted molar refractivity (Wildman–Crippen MR) is 122 cm³/mol. The van der Waals surface area contributed by atoms with Crippen LogP contribution in [0.3, 0.4) is 0 Å². The largest absolute Gasteiger partial charge is 0.490 e. The van der Waals surface area contributed by atoms with Crippen molar-refractivity contribution in [3.05, 3.63) is 84.6 Å². The van der Waals surface area contributed by atoms with Gasteiger partial charge in [-0.2, -0.15) is 0 Å². The first kappa shape index (κ1) is 20.4. The minimum Gasteiger partial charge on any atom is -0.490 e. The van der Waals surface area contributed by atoms with E-state index in [1.807, 2.05) is 53.4 Å². The lowest BCUT2D eigenvalue weighted by atomic mass is 10.1. The minimum absolute atomic E-state index is 0.0395. The van der Waals surface area contributed by atoms with Crippen LogP contribution in [-0.2, 0) is 0 Å². The number of carbonyl (C=O) groups excluding carboxylic acids is 1. The molecular weight excluding hydrogens is 402 g/mol. The highest BCUT2D eigenvalue weighted by Crippen LogP contribution is 2.40. The Labute approximate surface area is 188 Å². The van der Waals surface area contributed by atoms with Gasteiger partial charge >= 0.3 is 6.03 Å². The number of nitrogens with zero attached hydrogens (tertiary/aromatic N) is 2. The van der Waals surface area contributed by atoms with Crippen molar-refractivity contribution < 1.29 is 14.3 Å². The van der Waals surface area contributed by atoms with Gasteiger partial charge in [-0.15, -0.1) is 0 Å². The number of amides is 2. The van der Waals surface area contributed by atoms with E-state index in [1.165, 1.54) is 5.56 Å². The quantitative estimate of drug-likeness (QED) is 0.600. The average Bonchev–Trinajstić information content (AvgIpc) is 3.60. The molecule has 1 aliphatic carbocycles. The second-order valence-electron chi connectivity index (χ2n) is 8.36. The summed E-state index contributed by atoms with van der Waals surface area (Å²) in [5.74, 6) is 2.45. The van der Waals surface area contributed by atoms with Gasteiger partial charge in [-0.1, -0.05) is 42.5 Å². The lowest BCUT2D eigenvalue weighted by Gasteiger charge is -2.32. The Morgan fingerprint density at radius 1 is 0.938 bits per heavy atom. The van der Waals surface area contributed by atoms with Crippen molar-refractivity contribution in [2.24, 2.45) is 0 Å². The molecule has 1 aromatic heterocycles. The zero-order valence-electron chi connectivity index (χ0n) is 17.9. The zero-order chi connectivity index (χ0) is 21.8. The molecule has 0 spiro atoms. The van der Waals surface area contributed by atoms with Crippen LogP contribution in [-0.4, -0.2) is 41.2 Å². The number of likely N-dealkylation sites (tertiary alicyclic amines) is 1. The van der Waals surface area contributed by atoms with Gasteiger partial charge in [0, 0.05) is 56.2 Å². The number of hydrogen-bond acceptors (Lipinski definition) is 4. The predicted octanol–water partition coefficient (Wildman–Crippen LogP) is 4.98. The van der Waals surface area contributed by atoms with E-state index in [9.17, 15) is 4.79 Å². The van der Waals surface area contributed by atoms with Crippen molar-refractivity contribution in [1.29, 1.82) is 0 Å². The van der Waals surface area contributed by atoms with E-state index in [-0.39, 0.29) is 18.2 Å². The first-order chi connectivity index (χ1) is 15.7. The Morgan fingerprint density at radius 3 is 2.50 bits per heavy atom. The Hall–Kier alpha value is -3.54. The molecule has 2 heterocycles. The van der Waals surface area contributed by atoms with E-state index in [2.05, 4.69) is 34.6 Å². The first-order valence-electron chi connectivity index (χ1n) is 11.2. The van der Waals surface area contributed by atoms with Crippen LogP contribution < -0.4 is 14.8 Å². The molecular formula is C26H27N3O3. The van der Waals surface area contributed by atoms with Crippen LogP contribution in [0.25, 0.3) is 0 Å². The molecule has 2 atom stereocenters. The van der Waals surface area contributed by atoms with Crippen molar-refractivity contribution in [3.8, 4) is 17.4 Å². The molecule has 6 heteroatoms. The maximum atomic E-state index is 12.7. The number of benzene rings is 2. The monoisotopic (exact) mass is 429 g/mol. The molecule has 1 N–H and O–H groups in total. The SMILES string of the molecule is O=C(NC1CC1c1ccccc1)N1CCC(Oc2cccc(Oc3ccccn3)c2)CC1. The normalized spacial score (nSPS) is 20.4. The second-order valence-corrected chi connectivity index (χ2v) is 8.36. The van der Waals surface area contributed by atoms with E-state index < -0.39 is 0 Å². The summed E-state index contributed by atoms with van der Waals surface area (Å²) in [6.45, 7) is 1.40. The Morgan fingerprint density at radius 2 is 1.72 bits per heavy atom. The second kappa shape index (κ2) is 9.30. The van der Waals surface area contributed by atoms with Crippen LogP contribution in [0, 0.1) is 0 Å². The molecule has 0 radical (unpaired) electrons. The molecule has 164 valence electrons. The van der Waals surface area contributed by atoms with Crippen LogP contribution in [0.1, 0.15) is 30.7 Å². The third-order valence-electron chi connectivity index (χ3n) is 6.02. The summed E-state index contributed by atoms with van der Waals surface area (Å²) in [4.78, 5) is 18.7. The summed E-state index contributed by atoms with van der Waals surface area (Å²) in [5.41, 5.74) is 1.30.